The first kappa shape index (κ1) is 18.6. The number of aryl methyl sites for hydroxylation is 1. The fourth-order valence-electron chi connectivity index (χ4n) is 3.22. The molecule has 4 rings (SSSR count). The maximum Gasteiger partial charge on any atom is 0.338 e. The van der Waals surface area contributed by atoms with Gasteiger partial charge in [-0.1, -0.05) is 47.2 Å². The molecule has 0 saturated carbocycles. The van der Waals surface area contributed by atoms with Gasteiger partial charge in [-0.25, -0.2) is 9.79 Å². The van der Waals surface area contributed by atoms with E-state index in [1.54, 1.807) is 11.5 Å². The molecular formula is C21H18N2O3S2. The van der Waals surface area contributed by atoms with Gasteiger partial charge >= 0.3 is 5.97 Å². The summed E-state index contributed by atoms with van der Waals surface area (Å²) >= 11 is 2.84. The third kappa shape index (κ3) is 3.16. The predicted octanol–water partition coefficient (Wildman–Crippen LogP) is 2.78. The third-order valence-electron chi connectivity index (χ3n) is 4.61. The zero-order chi connectivity index (χ0) is 19.8. The molecule has 1 aliphatic rings. The summed E-state index contributed by atoms with van der Waals surface area (Å²) in [5.74, 6) is -0.465. The molecule has 28 heavy (non-hydrogen) atoms. The van der Waals surface area contributed by atoms with Crippen LogP contribution in [0.1, 0.15) is 29.0 Å². The van der Waals surface area contributed by atoms with E-state index in [-0.39, 0.29) is 5.56 Å². The van der Waals surface area contributed by atoms with Crippen LogP contribution in [0.25, 0.3) is 6.08 Å². The summed E-state index contributed by atoms with van der Waals surface area (Å²) in [6.45, 7) is 3.81. The summed E-state index contributed by atoms with van der Waals surface area (Å²) in [7, 11) is 1.34. The average molecular weight is 411 g/mol. The Morgan fingerprint density at radius 3 is 2.61 bits per heavy atom. The Kier molecular flexibility index (Phi) is 4.87. The molecule has 0 N–H and O–H groups in total. The van der Waals surface area contributed by atoms with E-state index in [4.69, 9.17) is 4.74 Å². The van der Waals surface area contributed by atoms with Crippen molar-refractivity contribution in [3.63, 3.8) is 0 Å². The number of nitrogens with zero attached hydrogens (tertiary/aromatic N) is 2. The van der Waals surface area contributed by atoms with Crippen LogP contribution < -0.4 is 14.9 Å². The molecule has 0 radical (unpaired) electrons. The second-order valence-corrected chi connectivity index (χ2v) is 8.49. The molecule has 1 atom stereocenters. The van der Waals surface area contributed by atoms with Crippen molar-refractivity contribution in [2.24, 2.45) is 4.99 Å². The lowest BCUT2D eigenvalue weighted by atomic mass is 10.0. The van der Waals surface area contributed by atoms with Crippen molar-refractivity contribution in [2.45, 2.75) is 19.9 Å². The number of rotatable bonds is 3. The Morgan fingerprint density at radius 1 is 1.21 bits per heavy atom. The second-order valence-electron chi connectivity index (χ2n) is 6.50. The lowest BCUT2D eigenvalue weighted by molar-refractivity contribution is -0.136. The van der Waals surface area contributed by atoms with Gasteiger partial charge in [0.2, 0.25) is 0 Å². The van der Waals surface area contributed by atoms with Crippen LogP contribution >= 0.6 is 22.7 Å². The number of fused-ring (bicyclic) bond motifs is 1. The summed E-state index contributed by atoms with van der Waals surface area (Å²) < 4.78 is 7.18. The number of aromatic nitrogens is 1. The van der Waals surface area contributed by atoms with Crippen LogP contribution in [0.2, 0.25) is 0 Å². The lowest BCUT2D eigenvalue weighted by Crippen LogP contribution is -2.39. The van der Waals surface area contributed by atoms with Crippen molar-refractivity contribution < 1.29 is 9.53 Å². The highest BCUT2D eigenvalue weighted by Crippen LogP contribution is 2.32. The van der Waals surface area contributed by atoms with Gasteiger partial charge in [0.25, 0.3) is 5.56 Å². The first-order valence-electron chi connectivity index (χ1n) is 8.70. The standard InChI is InChI=1S/C21H18N2O3S2/c1-12-6-8-14(9-7-12)11-16-19(24)23-18(15-5-4-10-27-15)17(20(25)26-3)13(2)22-21(23)28-16/h4-11,18H,1-3H3/t18-/m0/s1. The van der Waals surface area contributed by atoms with Crippen molar-refractivity contribution >= 4 is 34.7 Å². The first-order valence-corrected chi connectivity index (χ1v) is 10.4. The molecule has 0 aliphatic carbocycles. The van der Waals surface area contributed by atoms with E-state index in [0.29, 0.717) is 20.6 Å². The highest BCUT2D eigenvalue weighted by molar-refractivity contribution is 7.10. The summed E-state index contributed by atoms with van der Waals surface area (Å²) in [6, 6.07) is 11.3. The number of hydrogen-bond acceptors (Lipinski definition) is 6. The van der Waals surface area contributed by atoms with Gasteiger partial charge in [0.1, 0.15) is 6.04 Å². The zero-order valence-corrected chi connectivity index (χ0v) is 17.3. The van der Waals surface area contributed by atoms with Gasteiger partial charge in [-0.05, 0) is 36.9 Å². The van der Waals surface area contributed by atoms with Crippen LogP contribution in [0, 0.1) is 6.92 Å². The van der Waals surface area contributed by atoms with Crippen molar-refractivity contribution in [1.82, 2.24) is 4.57 Å². The molecule has 142 valence electrons. The number of thiazole rings is 1. The molecule has 0 spiro atoms. The molecule has 2 aromatic heterocycles. The van der Waals surface area contributed by atoms with Crippen molar-refractivity contribution in [1.29, 1.82) is 0 Å². The minimum Gasteiger partial charge on any atom is -0.466 e. The Hall–Kier alpha value is -2.77. The summed E-state index contributed by atoms with van der Waals surface area (Å²) in [6.07, 6.45) is 1.87. The quantitative estimate of drug-likeness (QED) is 0.624. The van der Waals surface area contributed by atoms with Crippen LogP contribution in [0.3, 0.4) is 0 Å². The topological polar surface area (TPSA) is 60.7 Å². The largest absolute Gasteiger partial charge is 0.466 e. The predicted molar refractivity (Wildman–Crippen MR) is 111 cm³/mol. The van der Waals surface area contributed by atoms with Gasteiger partial charge in [-0.3, -0.25) is 9.36 Å². The number of thiophene rings is 1. The average Bonchev–Trinajstić information content (AvgIpc) is 3.31. The smallest absolute Gasteiger partial charge is 0.338 e. The molecule has 0 saturated heterocycles. The molecule has 3 aromatic rings. The third-order valence-corrected chi connectivity index (χ3v) is 6.52. The summed E-state index contributed by atoms with van der Waals surface area (Å²) in [5.41, 5.74) is 2.94. The number of hydrogen-bond donors (Lipinski definition) is 0. The normalized spacial score (nSPS) is 16.7. The fourth-order valence-corrected chi connectivity index (χ4v) is 5.09. The molecule has 0 unspecified atom stereocenters. The van der Waals surface area contributed by atoms with Gasteiger partial charge in [-0.15, -0.1) is 11.3 Å². The highest BCUT2D eigenvalue weighted by atomic mass is 32.1. The van der Waals surface area contributed by atoms with Gasteiger partial charge in [0, 0.05) is 4.88 Å². The van der Waals surface area contributed by atoms with Crippen LogP contribution in [-0.4, -0.2) is 17.6 Å². The zero-order valence-electron chi connectivity index (χ0n) is 15.6. The maximum atomic E-state index is 13.3. The van der Waals surface area contributed by atoms with Gasteiger partial charge in [-0.2, -0.15) is 0 Å². The Morgan fingerprint density at radius 2 is 1.96 bits per heavy atom. The van der Waals surface area contributed by atoms with E-state index in [9.17, 15) is 9.59 Å². The number of carbonyl (C=O) groups excluding carboxylic acids is 1. The van der Waals surface area contributed by atoms with Crippen LogP contribution in [0.5, 0.6) is 0 Å². The van der Waals surface area contributed by atoms with E-state index in [1.807, 2.05) is 54.8 Å². The minimum atomic E-state index is -0.524. The van der Waals surface area contributed by atoms with Crippen LogP contribution in [0.15, 0.2) is 62.8 Å². The van der Waals surface area contributed by atoms with Gasteiger partial charge < -0.3 is 4.74 Å². The number of allylic oxidation sites excluding steroid dienone is 1. The number of methoxy groups -OCH3 is 1. The van der Waals surface area contributed by atoms with E-state index in [0.717, 1.165) is 16.0 Å². The molecule has 0 amide bonds. The monoisotopic (exact) mass is 410 g/mol. The van der Waals surface area contributed by atoms with Crippen LogP contribution in [0.4, 0.5) is 0 Å². The lowest BCUT2D eigenvalue weighted by Gasteiger charge is -2.22. The van der Waals surface area contributed by atoms with Crippen LogP contribution in [-0.2, 0) is 9.53 Å². The Labute approximate surface area is 169 Å². The van der Waals surface area contributed by atoms with Crippen molar-refractivity contribution in [2.75, 3.05) is 7.11 Å². The molecule has 0 fully saturated rings. The molecule has 1 aliphatic heterocycles. The second kappa shape index (κ2) is 7.33. The number of carbonyl (C=O) groups is 1. The van der Waals surface area contributed by atoms with Crippen molar-refractivity contribution in [3.05, 3.63) is 88.7 Å². The molecule has 5 nitrogen and oxygen atoms in total. The SMILES string of the molecule is COC(=O)C1=C(C)N=c2sc(=Cc3ccc(C)cc3)c(=O)n2[C@H]1c1cccs1. The van der Waals surface area contributed by atoms with E-state index in [1.165, 1.54) is 29.8 Å². The van der Waals surface area contributed by atoms with E-state index >= 15 is 0 Å². The molecule has 3 heterocycles. The fraction of sp³-hybridized carbons (Fsp3) is 0.190. The first-order chi connectivity index (χ1) is 13.5. The number of ether oxygens (including phenoxy) is 1. The molecule has 1 aromatic carbocycles. The van der Waals surface area contributed by atoms with Gasteiger partial charge in [0.05, 0.1) is 22.9 Å². The number of benzene rings is 1. The van der Waals surface area contributed by atoms with Crippen molar-refractivity contribution in [3.8, 4) is 0 Å². The molecule has 7 heteroatoms. The maximum absolute atomic E-state index is 13.3. The Bertz CT molecular complexity index is 1250. The Balaban J connectivity index is 1.96. The van der Waals surface area contributed by atoms with E-state index in [2.05, 4.69) is 4.99 Å². The number of esters is 1. The summed E-state index contributed by atoms with van der Waals surface area (Å²) in [4.78, 5) is 31.8. The van der Waals surface area contributed by atoms with E-state index < -0.39 is 12.0 Å². The molecular weight excluding hydrogens is 392 g/mol. The highest BCUT2D eigenvalue weighted by Gasteiger charge is 2.33. The van der Waals surface area contributed by atoms with Gasteiger partial charge in [0.15, 0.2) is 4.80 Å². The summed E-state index contributed by atoms with van der Waals surface area (Å²) in [5, 5.41) is 1.93. The minimum absolute atomic E-state index is 0.156. The molecule has 0 bridgehead atoms.